The quantitative estimate of drug-likeness (QED) is 0.490. The molecule has 86 valence electrons. The zero-order chi connectivity index (χ0) is 12.3. The molecule has 1 aliphatic carbocycles. The van der Waals surface area contributed by atoms with Crippen LogP contribution in [0.5, 0.6) is 0 Å². The summed E-state index contributed by atoms with van der Waals surface area (Å²) in [7, 11) is 0. The summed E-state index contributed by atoms with van der Waals surface area (Å²) in [5, 5.41) is 22.8. The molecular formula is C12H11N3O2. The molecule has 0 heterocycles. The Morgan fingerprint density at radius 3 is 2.71 bits per heavy atom. The van der Waals surface area contributed by atoms with Crippen molar-refractivity contribution in [3.05, 3.63) is 46.0 Å². The first kappa shape index (κ1) is 11.1. The van der Waals surface area contributed by atoms with Crippen molar-refractivity contribution in [3.63, 3.8) is 0 Å². The summed E-state index contributed by atoms with van der Waals surface area (Å²) >= 11 is 0. The van der Waals surface area contributed by atoms with Gasteiger partial charge in [0.15, 0.2) is 0 Å². The highest BCUT2D eigenvalue weighted by Crippen LogP contribution is 2.24. The lowest BCUT2D eigenvalue weighted by molar-refractivity contribution is -0.385. The predicted octanol–water partition coefficient (Wildman–Crippen LogP) is 2.60. The number of benzene rings is 1. The molecule has 0 spiro atoms. The number of hydrogen-bond acceptors (Lipinski definition) is 4. The Bertz CT molecular complexity index is 509. The van der Waals surface area contributed by atoms with Crippen molar-refractivity contribution in [2.45, 2.75) is 18.9 Å². The Kier molecular flexibility index (Phi) is 3.06. The number of anilines is 1. The summed E-state index contributed by atoms with van der Waals surface area (Å²) in [6, 6.07) is 6.70. The van der Waals surface area contributed by atoms with Crippen LogP contribution in [-0.2, 0) is 0 Å². The van der Waals surface area contributed by atoms with Crippen LogP contribution in [0.2, 0.25) is 0 Å². The number of nitrogens with one attached hydrogen (secondary N) is 1. The third-order valence-corrected chi connectivity index (χ3v) is 2.69. The van der Waals surface area contributed by atoms with E-state index in [4.69, 9.17) is 5.26 Å². The second-order valence-corrected chi connectivity index (χ2v) is 3.88. The van der Waals surface area contributed by atoms with Gasteiger partial charge >= 0.3 is 0 Å². The average molecular weight is 229 g/mol. The minimum Gasteiger partial charge on any atom is -0.381 e. The first-order valence-corrected chi connectivity index (χ1v) is 5.31. The van der Waals surface area contributed by atoms with Gasteiger partial charge in [-0.2, -0.15) is 5.26 Å². The topological polar surface area (TPSA) is 79.0 Å². The van der Waals surface area contributed by atoms with E-state index in [2.05, 4.69) is 17.5 Å². The van der Waals surface area contributed by atoms with Gasteiger partial charge < -0.3 is 5.32 Å². The second kappa shape index (κ2) is 4.66. The standard InChI is InChI=1S/C12H11N3O2/c13-8-9-5-6-11(7-12(9)15(16)17)14-10-3-1-2-4-10/h1-2,5-7,10,14H,3-4H2. The molecule has 1 aromatic carbocycles. The van der Waals surface area contributed by atoms with E-state index in [9.17, 15) is 10.1 Å². The largest absolute Gasteiger partial charge is 0.381 e. The molecule has 17 heavy (non-hydrogen) atoms. The van der Waals surface area contributed by atoms with E-state index in [-0.39, 0.29) is 11.3 Å². The number of nitro benzene ring substituents is 1. The lowest BCUT2D eigenvalue weighted by Crippen LogP contribution is -2.15. The first-order valence-electron chi connectivity index (χ1n) is 5.31. The molecule has 0 aromatic heterocycles. The third kappa shape index (κ3) is 2.42. The summed E-state index contributed by atoms with van der Waals surface area (Å²) in [6.45, 7) is 0. The predicted molar refractivity (Wildman–Crippen MR) is 63.6 cm³/mol. The molecule has 0 aliphatic heterocycles. The van der Waals surface area contributed by atoms with Crippen LogP contribution < -0.4 is 5.32 Å². The molecule has 0 fully saturated rings. The van der Waals surface area contributed by atoms with Crippen molar-refractivity contribution in [1.29, 1.82) is 5.26 Å². The van der Waals surface area contributed by atoms with Gasteiger partial charge in [0.2, 0.25) is 0 Å². The molecule has 0 radical (unpaired) electrons. The first-order chi connectivity index (χ1) is 8.20. The van der Waals surface area contributed by atoms with Crippen molar-refractivity contribution in [2.24, 2.45) is 0 Å². The molecule has 0 amide bonds. The van der Waals surface area contributed by atoms with E-state index >= 15 is 0 Å². The van der Waals surface area contributed by atoms with Crippen molar-refractivity contribution < 1.29 is 4.92 Å². The molecule has 1 aliphatic rings. The average Bonchev–Trinajstić information content (AvgIpc) is 2.81. The van der Waals surface area contributed by atoms with Crippen LogP contribution in [-0.4, -0.2) is 11.0 Å². The van der Waals surface area contributed by atoms with Gasteiger partial charge in [0.25, 0.3) is 5.69 Å². The van der Waals surface area contributed by atoms with Crippen LogP contribution in [0.4, 0.5) is 11.4 Å². The van der Waals surface area contributed by atoms with E-state index in [0.717, 1.165) is 12.8 Å². The van der Waals surface area contributed by atoms with E-state index in [0.29, 0.717) is 11.7 Å². The molecule has 1 N–H and O–H groups in total. The summed E-state index contributed by atoms with van der Waals surface area (Å²) in [6.07, 6.45) is 6.01. The highest BCUT2D eigenvalue weighted by atomic mass is 16.6. The van der Waals surface area contributed by atoms with E-state index in [1.165, 1.54) is 12.1 Å². The van der Waals surface area contributed by atoms with Crippen LogP contribution in [0.15, 0.2) is 30.4 Å². The van der Waals surface area contributed by atoms with Crippen LogP contribution in [0.3, 0.4) is 0 Å². The monoisotopic (exact) mass is 229 g/mol. The normalized spacial score (nSPS) is 14.5. The molecular weight excluding hydrogens is 218 g/mol. The third-order valence-electron chi connectivity index (χ3n) is 2.69. The molecule has 0 unspecified atom stereocenters. The van der Waals surface area contributed by atoms with Crippen LogP contribution >= 0.6 is 0 Å². The summed E-state index contributed by atoms with van der Waals surface area (Å²) in [4.78, 5) is 10.3. The molecule has 1 aromatic rings. The van der Waals surface area contributed by atoms with Crippen molar-refractivity contribution in [3.8, 4) is 6.07 Å². The Labute approximate surface area is 98.5 Å². The van der Waals surface area contributed by atoms with Gasteiger partial charge in [-0.15, -0.1) is 0 Å². The number of rotatable bonds is 3. The lowest BCUT2D eigenvalue weighted by atomic mass is 10.1. The fraction of sp³-hybridized carbons (Fsp3) is 0.250. The Morgan fingerprint density at radius 1 is 1.41 bits per heavy atom. The molecule has 0 bridgehead atoms. The minimum absolute atomic E-state index is 0.0881. The van der Waals surface area contributed by atoms with E-state index in [1.54, 1.807) is 6.07 Å². The molecule has 0 saturated heterocycles. The second-order valence-electron chi connectivity index (χ2n) is 3.88. The number of nitrogens with zero attached hydrogens (tertiary/aromatic N) is 2. The van der Waals surface area contributed by atoms with Gasteiger partial charge in [-0.25, -0.2) is 0 Å². The maximum absolute atomic E-state index is 10.8. The molecule has 0 atom stereocenters. The van der Waals surface area contributed by atoms with Gasteiger partial charge in [0.1, 0.15) is 11.6 Å². The number of hydrogen-bond donors (Lipinski definition) is 1. The van der Waals surface area contributed by atoms with Gasteiger partial charge in [0.05, 0.1) is 4.92 Å². The summed E-state index contributed by atoms with van der Waals surface area (Å²) in [5.41, 5.74) is 0.623. The lowest BCUT2D eigenvalue weighted by Gasteiger charge is -2.13. The molecule has 5 heteroatoms. The van der Waals surface area contributed by atoms with Gasteiger partial charge in [-0.3, -0.25) is 10.1 Å². The van der Waals surface area contributed by atoms with Crippen LogP contribution in [0.1, 0.15) is 18.4 Å². The zero-order valence-corrected chi connectivity index (χ0v) is 9.09. The molecule has 5 nitrogen and oxygen atoms in total. The van der Waals surface area contributed by atoms with Crippen LogP contribution in [0.25, 0.3) is 0 Å². The van der Waals surface area contributed by atoms with Gasteiger partial charge in [0, 0.05) is 17.8 Å². The summed E-state index contributed by atoms with van der Waals surface area (Å²) < 4.78 is 0. The summed E-state index contributed by atoms with van der Waals surface area (Å²) in [5.74, 6) is 0. The Hall–Kier alpha value is -2.35. The van der Waals surface area contributed by atoms with Crippen molar-refractivity contribution in [2.75, 3.05) is 5.32 Å². The zero-order valence-electron chi connectivity index (χ0n) is 9.09. The molecule has 2 rings (SSSR count). The Morgan fingerprint density at radius 2 is 2.12 bits per heavy atom. The smallest absolute Gasteiger partial charge is 0.289 e. The maximum atomic E-state index is 10.8. The number of nitriles is 1. The number of nitro groups is 1. The van der Waals surface area contributed by atoms with Gasteiger partial charge in [-0.05, 0) is 25.0 Å². The fourth-order valence-electron chi connectivity index (χ4n) is 1.84. The molecule has 0 saturated carbocycles. The minimum atomic E-state index is -0.531. The maximum Gasteiger partial charge on any atom is 0.289 e. The van der Waals surface area contributed by atoms with E-state index < -0.39 is 4.92 Å². The van der Waals surface area contributed by atoms with Crippen LogP contribution in [0, 0.1) is 21.4 Å². The van der Waals surface area contributed by atoms with Crippen molar-refractivity contribution in [1.82, 2.24) is 0 Å². The fourth-order valence-corrected chi connectivity index (χ4v) is 1.84. The SMILES string of the molecule is N#Cc1ccc(NC2CC=CC2)cc1[N+](=O)[O-]. The van der Waals surface area contributed by atoms with E-state index in [1.807, 2.05) is 6.07 Å². The van der Waals surface area contributed by atoms with Crippen molar-refractivity contribution >= 4 is 11.4 Å². The highest BCUT2D eigenvalue weighted by molar-refractivity contribution is 5.59. The van der Waals surface area contributed by atoms with Gasteiger partial charge in [-0.1, -0.05) is 12.2 Å². The highest BCUT2D eigenvalue weighted by Gasteiger charge is 2.16. The Balaban J connectivity index is 2.22.